The lowest BCUT2D eigenvalue weighted by Gasteiger charge is -2.07. The van der Waals surface area contributed by atoms with Crippen molar-refractivity contribution in [1.82, 2.24) is 9.97 Å². The van der Waals surface area contributed by atoms with Crippen LogP contribution in [0.25, 0.3) is 0 Å². The molecule has 0 bridgehead atoms. The molecule has 0 aromatic carbocycles. The van der Waals surface area contributed by atoms with Gasteiger partial charge in [-0.25, -0.2) is 9.78 Å². The van der Waals surface area contributed by atoms with E-state index in [1.165, 1.54) is 13.3 Å². The van der Waals surface area contributed by atoms with Crippen LogP contribution in [0.4, 0.5) is 0 Å². The number of aromatic amines is 1. The Hall–Kier alpha value is -1.85. The molecule has 0 saturated carbocycles. The number of hydrogen-bond acceptors (Lipinski definition) is 4. The van der Waals surface area contributed by atoms with Crippen LogP contribution in [0.1, 0.15) is 6.92 Å². The lowest BCUT2D eigenvalue weighted by atomic mass is 10.4. The molecule has 0 aliphatic carbocycles. The molecule has 1 aromatic rings. The van der Waals surface area contributed by atoms with Crippen LogP contribution < -0.4 is 10.3 Å². The van der Waals surface area contributed by atoms with E-state index in [4.69, 9.17) is 9.84 Å². The Morgan fingerprint density at radius 3 is 3.00 bits per heavy atom. The van der Waals surface area contributed by atoms with Gasteiger partial charge in [-0.3, -0.25) is 4.79 Å². The number of carbonyl (C=O) groups is 1. The van der Waals surface area contributed by atoms with Gasteiger partial charge in [0, 0.05) is 0 Å². The Kier molecular flexibility index (Phi) is 2.63. The molecular formula is C7H8N2O4. The standard InChI is InChI=1S/C7H8N2O4/c1-4(7(11)12)13-5-2-8-3-9-6(5)10/h2-4H,1H3,(H,11,12)(H,8,9,10). The Balaban J connectivity index is 2.81. The number of hydrogen-bond donors (Lipinski definition) is 2. The zero-order valence-electron chi connectivity index (χ0n) is 6.85. The van der Waals surface area contributed by atoms with Gasteiger partial charge in [0.1, 0.15) is 0 Å². The quantitative estimate of drug-likeness (QED) is 0.668. The minimum Gasteiger partial charge on any atom is -0.479 e. The highest BCUT2D eigenvalue weighted by atomic mass is 16.5. The van der Waals surface area contributed by atoms with Gasteiger partial charge in [0.15, 0.2) is 6.10 Å². The molecular weight excluding hydrogens is 176 g/mol. The van der Waals surface area contributed by atoms with Crippen molar-refractivity contribution in [3.05, 3.63) is 22.9 Å². The second kappa shape index (κ2) is 3.70. The minimum atomic E-state index is -1.14. The van der Waals surface area contributed by atoms with Gasteiger partial charge in [0.2, 0.25) is 5.75 Å². The van der Waals surface area contributed by atoms with Gasteiger partial charge in [-0.05, 0) is 6.92 Å². The summed E-state index contributed by atoms with van der Waals surface area (Å²) in [5.74, 6) is -1.24. The minimum absolute atomic E-state index is 0.0996. The van der Waals surface area contributed by atoms with Crippen LogP contribution in [0.2, 0.25) is 0 Å². The van der Waals surface area contributed by atoms with Gasteiger partial charge >= 0.3 is 5.97 Å². The molecule has 0 radical (unpaired) electrons. The number of carboxylic acids is 1. The van der Waals surface area contributed by atoms with E-state index in [0.717, 1.165) is 6.20 Å². The number of ether oxygens (including phenoxy) is 1. The summed E-state index contributed by atoms with van der Waals surface area (Å²) in [7, 11) is 0. The van der Waals surface area contributed by atoms with Gasteiger partial charge < -0.3 is 14.8 Å². The lowest BCUT2D eigenvalue weighted by Crippen LogP contribution is -2.26. The van der Waals surface area contributed by atoms with E-state index >= 15 is 0 Å². The van der Waals surface area contributed by atoms with E-state index in [-0.39, 0.29) is 5.75 Å². The van der Waals surface area contributed by atoms with Crippen molar-refractivity contribution in [3.8, 4) is 5.75 Å². The second-order valence-electron chi connectivity index (χ2n) is 2.34. The summed E-state index contributed by atoms with van der Waals surface area (Å²) in [5, 5.41) is 8.48. The Morgan fingerprint density at radius 1 is 1.77 bits per heavy atom. The number of nitrogens with zero attached hydrogens (tertiary/aromatic N) is 1. The summed E-state index contributed by atoms with van der Waals surface area (Å²) in [6.45, 7) is 1.33. The number of H-pyrrole nitrogens is 1. The van der Waals surface area contributed by atoms with Crippen LogP contribution >= 0.6 is 0 Å². The zero-order valence-corrected chi connectivity index (χ0v) is 6.85. The van der Waals surface area contributed by atoms with Crippen molar-refractivity contribution in [2.75, 3.05) is 0 Å². The van der Waals surface area contributed by atoms with Crippen LogP contribution in [0, 0.1) is 0 Å². The summed E-state index contributed by atoms with van der Waals surface area (Å²) >= 11 is 0. The van der Waals surface area contributed by atoms with E-state index in [1.807, 2.05) is 0 Å². The van der Waals surface area contributed by atoms with Gasteiger partial charge in [-0.2, -0.15) is 0 Å². The SMILES string of the molecule is CC(Oc1cnc[nH]c1=O)C(=O)O. The van der Waals surface area contributed by atoms with Crippen LogP contribution in [-0.2, 0) is 4.79 Å². The lowest BCUT2D eigenvalue weighted by molar-refractivity contribution is -0.144. The normalized spacial score (nSPS) is 12.1. The molecule has 13 heavy (non-hydrogen) atoms. The molecule has 0 saturated heterocycles. The van der Waals surface area contributed by atoms with Crippen molar-refractivity contribution in [3.63, 3.8) is 0 Å². The van der Waals surface area contributed by atoms with Crippen LogP contribution in [-0.4, -0.2) is 27.1 Å². The predicted octanol–water partition coefficient (Wildman–Crippen LogP) is -0.378. The summed E-state index contributed by atoms with van der Waals surface area (Å²) in [6, 6.07) is 0. The fraction of sp³-hybridized carbons (Fsp3) is 0.286. The fourth-order valence-electron chi connectivity index (χ4n) is 0.655. The summed E-state index contributed by atoms with van der Waals surface area (Å²) in [6.07, 6.45) is 1.30. The van der Waals surface area contributed by atoms with Gasteiger partial charge in [0.25, 0.3) is 5.56 Å². The number of rotatable bonds is 3. The molecule has 1 heterocycles. The molecule has 1 rings (SSSR count). The Labute approximate surface area is 73.2 Å². The number of aliphatic carboxylic acids is 1. The highest BCUT2D eigenvalue weighted by Crippen LogP contribution is 2.01. The highest BCUT2D eigenvalue weighted by Gasteiger charge is 2.13. The number of nitrogens with one attached hydrogen (secondary N) is 1. The maximum atomic E-state index is 11.0. The smallest absolute Gasteiger partial charge is 0.344 e. The Bertz CT molecular complexity index is 360. The van der Waals surface area contributed by atoms with E-state index in [0.29, 0.717) is 0 Å². The average molecular weight is 184 g/mol. The molecule has 0 amide bonds. The van der Waals surface area contributed by atoms with Crippen molar-refractivity contribution >= 4 is 5.97 Å². The summed E-state index contributed by atoms with van der Waals surface area (Å²) < 4.78 is 4.80. The first-order valence-corrected chi connectivity index (χ1v) is 3.53. The molecule has 1 atom stereocenters. The zero-order chi connectivity index (χ0) is 9.84. The second-order valence-corrected chi connectivity index (χ2v) is 2.34. The third kappa shape index (κ3) is 2.29. The average Bonchev–Trinajstić information content (AvgIpc) is 2.08. The molecule has 1 unspecified atom stereocenters. The van der Waals surface area contributed by atoms with Gasteiger partial charge in [-0.15, -0.1) is 0 Å². The maximum Gasteiger partial charge on any atom is 0.344 e. The first-order chi connectivity index (χ1) is 6.11. The molecule has 0 fully saturated rings. The van der Waals surface area contributed by atoms with Crippen molar-refractivity contribution in [1.29, 1.82) is 0 Å². The number of aromatic nitrogens is 2. The topological polar surface area (TPSA) is 92.3 Å². The largest absolute Gasteiger partial charge is 0.479 e. The fourth-order valence-corrected chi connectivity index (χ4v) is 0.655. The molecule has 70 valence electrons. The molecule has 2 N–H and O–H groups in total. The molecule has 6 heteroatoms. The van der Waals surface area contributed by atoms with Gasteiger partial charge in [0.05, 0.1) is 12.5 Å². The van der Waals surface area contributed by atoms with E-state index < -0.39 is 17.6 Å². The predicted molar refractivity (Wildman–Crippen MR) is 42.6 cm³/mol. The summed E-state index contributed by atoms with van der Waals surface area (Å²) in [4.78, 5) is 27.2. The van der Waals surface area contributed by atoms with Crippen molar-refractivity contribution < 1.29 is 14.6 Å². The molecule has 0 spiro atoms. The third-order valence-electron chi connectivity index (χ3n) is 1.34. The highest BCUT2D eigenvalue weighted by molar-refractivity contribution is 5.72. The molecule has 0 aliphatic heterocycles. The van der Waals surface area contributed by atoms with Crippen molar-refractivity contribution in [2.24, 2.45) is 0 Å². The van der Waals surface area contributed by atoms with Crippen LogP contribution in [0.15, 0.2) is 17.3 Å². The molecule has 1 aromatic heterocycles. The first kappa shape index (κ1) is 9.24. The first-order valence-electron chi connectivity index (χ1n) is 3.53. The van der Waals surface area contributed by atoms with E-state index in [2.05, 4.69) is 9.97 Å². The molecule has 6 nitrogen and oxygen atoms in total. The monoisotopic (exact) mass is 184 g/mol. The third-order valence-corrected chi connectivity index (χ3v) is 1.34. The van der Waals surface area contributed by atoms with Crippen LogP contribution in [0.5, 0.6) is 5.75 Å². The van der Waals surface area contributed by atoms with Crippen molar-refractivity contribution in [2.45, 2.75) is 13.0 Å². The number of carboxylic acid groups (broad SMARTS) is 1. The van der Waals surface area contributed by atoms with E-state index in [1.54, 1.807) is 0 Å². The summed E-state index contributed by atoms with van der Waals surface area (Å²) in [5.41, 5.74) is -0.497. The van der Waals surface area contributed by atoms with Gasteiger partial charge in [-0.1, -0.05) is 0 Å². The van der Waals surface area contributed by atoms with E-state index in [9.17, 15) is 9.59 Å². The Morgan fingerprint density at radius 2 is 2.46 bits per heavy atom. The maximum absolute atomic E-state index is 11.0. The van der Waals surface area contributed by atoms with Crippen LogP contribution in [0.3, 0.4) is 0 Å². The molecule has 0 aliphatic rings.